The van der Waals surface area contributed by atoms with Gasteiger partial charge in [-0.1, -0.05) is 0 Å². The Balaban J connectivity index is 1.64. The summed E-state index contributed by atoms with van der Waals surface area (Å²) in [6.45, 7) is 7.72. The van der Waals surface area contributed by atoms with Crippen molar-refractivity contribution >= 4 is 5.91 Å². The van der Waals surface area contributed by atoms with E-state index in [0.717, 1.165) is 70.1 Å². The molecule has 0 aliphatic carbocycles. The first-order valence-corrected chi connectivity index (χ1v) is 8.84. The number of ether oxygens (including phenoxy) is 2. The number of hydrogen-bond donors (Lipinski definition) is 1. The highest BCUT2D eigenvalue weighted by atomic mass is 16.5. The fraction of sp³-hybridized carbons (Fsp3) is 0.765. The van der Waals surface area contributed by atoms with Gasteiger partial charge in [0, 0.05) is 58.5 Å². The van der Waals surface area contributed by atoms with Crippen LogP contribution < -0.4 is 0 Å². The number of rotatable bonds is 5. The molecule has 7 nitrogen and oxygen atoms in total. The Kier molecular flexibility index (Phi) is 5.86. The molecule has 0 spiro atoms. The van der Waals surface area contributed by atoms with Gasteiger partial charge < -0.3 is 14.4 Å². The van der Waals surface area contributed by atoms with Gasteiger partial charge in [-0.15, -0.1) is 0 Å². The van der Waals surface area contributed by atoms with Gasteiger partial charge in [0.25, 0.3) is 5.91 Å². The minimum absolute atomic E-state index is 0.100. The SMILES string of the molecule is COCCN1CCN(C(=O)c2cn[nH]c2C2CCOCC2)CC1C. The number of aromatic amines is 1. The highest BCUT2D eigenvalue weighted by Crippen LogP contribution is 2.28. The van der Waals surface area contributed by atoms with Crippen LogP contribution in [-0.2, 0) is 9.47 Å². The minimum atomic E-state index is 0.100. The third-order valence-electron chi connectivity index (χ3n) is 5.16. The van der Waals surface area contributed by atoms with E-state index in [2.05, 4.69) is 22.0 Å². The summed E-state index contributed by atoms with van der Waals surface area (Å²) in [5, 5.41) is 7.21. The fourth-order valence-corrected chi connectivity index (χ4v) is 3.65. The van der Waals surface area contributed by atoms with Crippen LogP contribution in [0.3, 0.4) is 0 Å². The first-order valence-electron chi connectivity index (χ1n) is 8.84. The lowest BCUT2D eigenvalue weighted by atomic mass is 9.93. The number of H-pyrrole nitrogens is 1. The van der Waals surface area contributed by atoms with Crippen LogP contribution in [0.15, 0.2) is 6.20 Å². The molecule has 2 aliphatic rings. The van der Waals surface area contributed by atoms with E-state index in [-0.39, 0.29) is 5.91 Å². The molecule has 7 heteroatoms. The standard InChI is InChI=1S/C17H28N4O3/c1-13-12-21(6-5-20(13)7-10-23-2)17(22)15-11-18-19-16(15)14-3-8-24-9-4-14/h11,13-14H,3-10,12H2,1-2H3,(H,18,19). The van der Waals surface area contributed by atoms with E-state index in [4.69, 9.17) is 9.47 Å². The van der Waals surface area contributed by atoms with Gasteiger partial charge in [-0.3, -0.25) is 14.8 Å². The predicted octanol–water partition coefficient (Wildman–Crippen LogP) is 1.10. The molecular formula is C17H28N4O3. The summed E-state index contributed by atoms with van der Waals surface area (Å²) in [7, 11) is 1.72. The zero-order valence-electron chi connectivity index (χ0n) is 14.7. The van der Waals surface area contributed by atoms with Gasteiger partial charge in [0.1, 0.15) is 0 Å². The second-order valence-electron chi connectivity index (χ2n) is 6.71. The Hall–Kier alpha value is -1.44. The topological polar surface area (TPSA) is 70.7 Å². The maximum atomic E-state index is 13.0. The van der Waals surface area contributed by atoms with E-state index in [1.165, 1.54) is 0 Å². The van der Waals surface area contributed by atoms with E-state index in [1.807, 2.05) is 4.90 Å². The van der Waals surface area contributed by atoms with Crippen molar-refractivity contribution in [3.8, 4) is 0 Å². The van der Waals surface area contributed by atoms with E-state index in [0.29, 0.717) is 12.0 Å². The highest BCUT2D eigenvalue weighted by molar-refractivity contribution is 5.95. The first kappa shape index (κ1) is 17.4. The van der Waals surface area contributed by atoms with Crippen LogP contribution in [0.1, 0.15) is 41.7 Å². The van der Waals surface area contributed by atoms with Crippen molar-refractivity contribution < 1.29 is 14.3 Å². The second kappa shape index (κ2) is 8.09. The number of carbonyl (C=O) groups excluding carboxylic acids is 1. The van der Waals surface area contributed by atoms with E-state index in [9.17, 15) is 4.79 Å². The van der Waals surface area contributed by atoms with Gasteiger partial charge in [-0.25, -0.2) is 0 Å². The largest absolute Gasteiger partial charge is 0.383 e. The smallest absolute Gasteiger partial charge is 0.257 e. The highest BCUT2D eigenvalue weighted by Gasteiger charge is 2.30. The number of nitrogens with zero attached hydrogens (tertiary/aromatic N) is 3. The average Bonchev–Trinajstić information content (AvgIpc) is 3.10. The molecule has 3 rings (SSSR count). The van der Waals surface area contributed by atoms with Gasteiger partial charge in [0.2, 0.25) is 0 Å². The molecule has 2 fully saturated rings. The van der Waals surface area contributed by atoms with Crippen LogP contribution in [0.4, 0.5) is 0 Å². The quantitative estimate of drug-likeness (QED) is 0.872. The fourth-order valence-electron chi connectivity index (χ4n) is 3.65. The number of methoxy groups -OCH3 is 1. The van der Waals surface area contributed by atoms with Crippen molar-refractivity contribution in [3.63, 3.8) is 0 Å². The van der Waals surface area contributed by atoms with Crippen LogP contribution >= 0.6 is 0 Å². The Morgan fingerprint density at radius 2 is 2.21 bits per heavy atom. The molecule has 24 heavy (non-hydrogen) atoms. The third kappa shape index (κ3) is 3.79. The van der Waals surface area contributed by atoms with Crippen molar-refractivity contribution in [2.24, 2.45) is 0 Å². The van der Waals surface area contributed by atoms with E-state index in [1.54, 1.807) is 13.3 Å². The van der Waals surface area contributed by atoms with Gasteiger partial charge in [-0.05, 0) is 19.8 Å². The minimum Gasteiger partial charge on any atom is -0.383 e. The van der Waals surface area contributed by atoms with Gasteiger partial charge >= 0.3 is 0 Å². The number of piperazine rings is 1. The zero-order chi connectivity index (χ0) is 16.9. The van der Waals surface area contributed by atoms with Crippen molar-refractivity contribution in [2.75, 3.05) is 53.1 Å². The maximum absolute atomic E-state index is 13.0. The molecule has 0 saturated carbocycles. The van der Waals surface area contributed by atoms with Crippen LogP contribution in [0.25, 0.3) is 0 Å². The number of nitrogens with one attached hydrogen (secondary N) is 1. The molecule has 0 aromatic carbocycles. The molecule has 0 bridgehead atoms. The Morgan fingerprint density at radius 3 is 2.92 bits per heavy atom. The zero-order valence-corrected chi connectivity index (χ0v) is 14.7. The summed E-state index contributed by atoms with van der Waals surface area (Å²) in [6, 6.07) is 0.344. The predicted molar refractivity (Wildman–Crippen MR) is 90.2 cm³/mol. The molecule has 2 aliphatic heterocycles. The lowest BCUT2D eigenvalue weighted by Gasteiger charge is -2.39. The molecule has 1 unspecified atom stereocenters. The summed E-state index contributed by atoms with van der Waals surface area (Å²) in [5.41, 5.74) is 1.72. The first-order chi connectivity index (χ1) is 11.7. The summed E-state index contributed by atoms with van der Waals surface area (Å²) in [6.07, 6.45) is 3.59. The van der Waals surface area contributed by atoms with Crippen molar-refractivity contribution in [2.45, 2.75) is 31.7 Å². The van der Waals surface area contributed by atoms with Gasteiger partial charge in [-0.2, -0.15) is 5.10 Å². The summed E-state index contributed by atoms with van der Waals surface area (Å²) >= 11 is 0. The third-order valence-corrected chi connectivity index (χ3v) is 5.16. The molecular weight excluding hydrogens is 308 g/mol. The number of carbonyl (C=O) groups is 1. The van der Waals surface area contributed by atoms with Crippen LogP contribution in [0.2, 0.25) is 0 Å². The lowest BCUT2D eigenvalue weighted by molar-refractivity contribution is 0.0431. The second-order valence-corrected chi connectivity index (χ2v) is 6.71. The van der Waals surface area contributed by atoms with Crippen LogP contribution in [0, 0.1) is 0 Å². The summed E-state index contributed by atoms with van der Waals surface area (Å²) in [5.74, 6) is 0.448. The normalized spacial score (nSPS) is 23.6. The Morgan fingerprint density at radius 1 is 1.42 bits per heavy atom. The van der Waals surface area contributed by atoms with Crippen LogP contribution in [-0.4, -0.2) is 85.1 Å². The molecule has 1 aromatic heterocycles. The Bertz CT molecular complexity index is 542. The molecule has 3 heterocycles. The molecule has 1 aromatic rings. The van der Waals surface area contributed by atoms with Crippen molar-refractivity contribution in [3.05, 3.63) is 17.5 Å². The van der Waals surface area contributed by atoms with Gasteiger partial charge in [0.05, 0.1) is 24.1 Å². The monoisotopic (exact) mass is 336 g/mol. The molecule has 1 atom stereocenters. The maximum Gasteiger partial charge on any atom is 0.257 e. The van der Waals surface area contributed by atoms with Crippen LogP contribution in [0.5, 0.6) is 0 Å². The van der Waals surface area contributed by atoms with E-state index < -0.39 is 0 Å². The van der Waals surface area contributed by atoms with E-state index >= 15 is 0 Å². The van der Waals surface area contributed by atoms with Gasteiger partial charge in [0.15, 0.2) is 0 Å². The molecule has 1 N–H and O–H groups in total. The number of aromatic nitrogens is 2. The number of amides is 1. The van der Waals surface area contributed by atoms with Crippen molar-refractivity contribution in [1.29, 1.82) is 0 Å². The molecule has 2 saturated heterocycles. The average molecular weight is 336 g/mol. The molecule has 0 radical (unpaired) electrons. The molecule has 1 amide bonds. The summed E-state index contributed by atoms with van der Waals surface area (Å²) in [4.78, 5) is 17.3. The lowest BCUT2D eigenvalue weighted by Crippen LogP contribution is -2.54. The Labute approximate surface area is 143 Å². The molecule has 134 valence electrons. The number of hydrogen-bond acceptors (Lipinski definition) is 5. The summed E-state index contributed by atoms with van der Waals surface area (Å²) < 4.78 is 10.6. The van der Waals surface area contributed by atoms with Crippen molar-refractivity contribution in [1.82, 2.24) is 20.0 Å².